The largest absolute Gasteiger partial charge is 0.393 e. The number of nitrogens with one attached hydrogen (secondary N) is 2. The number of aliphatic hydroxyl groups excluding tert-OH is 1. The fourth-order valence-corrected chi connectivity index (χ4v) is 3.53. The van der Waals surface area contributed by atoms with Crippen molar-refractivity contribution in [3.05, 3.63) is 41.7 Å². The highest BCUT2D eigenvalue weighted by molar-refractivity contribution is 6.05. The molecule has 0 spiro atoms. The lowest BCUT2D eigenvalue weighted by Crippen LogP contribution is -2.29. The molecule has 1 aliphatic carbocycles. The van der Waals surface area contributed by atoms with Crippen LogP contribution in [0.2, 0.25) is 0 Å². The number of rotatable bonds is 6. The number of anilines is 1. The van der Waals surface area contributed by atoms with E-state index in [1.54, 1.807) is 19.2 Å². The molecule has 1 fully saturated rings. The maximum atomic E-state index is 12.7. The molecule has 2 heterocycles. The van der Waals surface area contributed by atoms with Gasteiger partial charge >= 0.3 is 0 Å². The Morgan fingerprint density at radius 2 is 2.07 bits per heavy atom. The van der Waals surface area contributed by atoms with Gasteiger partial charge in [0, 0.05) is 30.6 Å². The van der Waals surface area contributed by atoms with E-state index < -0.39 is 0 Å². The fraction of sp³-hybridized carbons (Fsp3) is 0.450. The summed E-state index contributed by atoms with van der Waals surface area (Å²) in [4.78, 5) is 25.8. The Morgan fingerprint density at radius 3 is 2.83 bits per heavy atom. The van der Waals surface area contributed by atoms with Crippen molar-refractivity contribution in [3.63, 3.8) is 0 Å². The second-order valence-electron chi connectivity index (χ2n) is 7.33. The molecule has 1 saturated carbocycles. The van der Waals surface area contributed by atoms with Crippen LogP contribution in [-0.4, -0.2) is 49.8 Å². The second-order valence-corrected chi connectivity index (χ2v) is 7.33. The van der Waals surface area contributed by atoms with Crippen molar-refractivity contribution in [1.82, 2.24) is 25.4 Å². The zero-order valence-electron chi connectivity index (χ0n) is 16.3. The van der Waals surface area contributed by atoms with E-state index in [0.717, 1.165) is 31.1 Å². The molecular formula is C20H24N6O3. The molecule has 0 bridgehead atoms. The number of aryl methyl sites for hydroxylation is 1. The SMILES string of the molecule is Cc1noc(CCNC(=O)c2cccc3cnc(NC4CCC(O)CC4)nc23)n1. The van der Waals surface area contributed by atoms with Gasteiger partial charge < -0.3 is 20.3 Å². The number of amides is 1. The van der Waals surface area contributed by atoms with Gasteiger partial charge in [-0.1, -0.05) is 17.3 Å². The molecule has 0 unspecified atom stereocenters. The van der Waals surface area contributed by atoms with E-state index in [0.29, 0.717) is 41.7 Å². The number of hydrogen-bond donors (Lipinski definition) is 3. The first-order chi connectivity index (χ1) is 14.1. The average Bonchev–Trinajstić information content (AvgIpc) is 3.14. The molecule has 2 aromatic heterocycles. The number of carbonyl (C=O) groups excluding carboxylic acids is 1. The number of para-hydroxylation sites is 1. The lowest BCUT2D eigenvalue weighted by Gasteiger charge is -2.26. The number of aromatic nitrogens is 4. The second kappa shape index (κ2) is 8.52. The van der Waals surface area contributed by atoms with Crippen LogP contribution in [0.25, 0.3) is 10.9 Å². The normalized spacial score (nSPS) is 19.2. The summed E-state index contributed by atoms with van der Waals surface area (Å²) in [6, 6.07) is 5.68. The summed E-state index contributed by atoms with van der Waals surface area (Å²) in [5.74, 6) is 1.36. The van der Waals surface area contributed by atoms with Crippen LogP contribution in [-0.2, 0) is 6.42 Å². The third-order valence-corrected chi connectivity index (χ3v) is 5.08. The van der Waals surface area contributed by atoms with Crippen LogP contribution in [0.3, 0.4) is 0 Å². The van der Waals surface area contributed by atoms with Crippen molar-refractivity contribution < 1.29 is 14.4 Å². The van der Waals surface area contributed by atoms with Crippen molar-refractivity contribution in [2.24, 2.45) is 0 Å². The van der Waals surface area contributed by atoms with E-state index in [-0.39, 0.29) is 18.1 Å². The predicted octanol–water partition coefficient (Wildman–Crippen LogP) is 2.01. The zero-order chi connectivity index (χ0) is 20.2. The summed E-state index contributed by atoms with van der Waals surface area (Å²) in [6.45, 7) is 2.14. The van der Waals surface area contributed by atoms with Gasteiger partial charge in [0.2, 0.25) is 11.8 Å². The van der Waals surface area contributed by atoms with Crippen molar-refractivity contribution in [3.8, 4) is 0 Å². The van der Waals surface area contributed by atoms with Crippen LogP contribution < -0.4 is 10.6 Å². The Hall–Kier alpha value is -3.07. The van der Waals surface area contributed by atoms with Crippen LogP contribution in [0.5, 0.6) is 0 Å². The highest BCUT2D eigenvalue weighted by atomic mass is 16.5. The van der Waals surface area contributed by atoms with Gasteiger partial charge in [-0.2, -0.15) is 4.98 Å². The smallest absolute Gasteiger partial charge is 0.253 e. The Morgan fingerprint density at radius 1 is 1.24 bits per heavy atom. The van der Waals surface area contributed by atoms with E-state index >= 15 is 0 Å². The van der Waals surface area contributed by atoms with Gasteiger partial charge in [-0.05, 0) is 38.7 Å². The fourth-order valence-electron chi connectivity index (χ4n) is 3.53. The number of fused-ring (bicyclic) bond motifs is 1. The van der Waals surface area contributed by atoms with Crippen molar-refractivity contribution in [2.45, 2.75) is 51.2 Å². The van der Waals surface area contributed by atoms with Crippen LogP contribution in [0, 0.1) is 6.92 Å². The zero-order valence-corrected chi connectivity index (χ0v) is 16.3. The van der Waals surface area contributed by atoms with Crippen LogP contribution in [0.1, 0.15) is 47.8 Å². The van der Waals surface area contributed by atoms with Crippen LogP contribution in [0.4, 0.5) is 5.95 Å². The Labute approximate surface area is 167 Å². The first-order valence-electron chi connectivity index (χ1n) is 9.86. The van der Waals surface area contributed by atoms with Crippen molar-refractivity contribution >= 4 is 22.8 Å². The van der Waals surface area contributed by atoms with Crippen molar-refractivity contribution in [2.75, 3.05) is 11.9 Å². The van der Waals surface area contributed by atoms with E-state index in [9.17, 15) is 9.90 Å². The lowest BCUT2D eigenvalue weighted by atomic mass is 9.93. The number of nitrogens with zero attached hydrogens (tertiary/aromatic N) is 4. The number of hydrogen-bond acceptors (Lipinski definition) is 8. The molecule has 3 aromatic rings. The van der Waals surface area contributed by atoms with E-state index in [4.69, 9.17) is 4.52 Å². The quantitative estimate of drug-likeness (QED) is 0.578. The van der Waals surface area contributed by atoms with Gasteiger partial charge in [-0.25, -0.2) is 9.97 Å². The van der Waals surface area contributed by atoms with Gasteiger partial charge in [0.15, 0.2) is 5.82 Å². The molecule has 4 rings (SSSR count). The molecule has 1 aliphatic rings. The summed E-state index contributed by atoms with van der Waals surface area (Å²) in [6.07, 6.45) is 5.28. The average molecular weight is 396 g/mol. The monoisotopic (exact) mass is 396 g/mol. The van der Waals surface area contributed by atoms with Gasteiger partial charge in [0.25, 0.3) is 5.91 Å². The van der Waals surface area contributed by atoms with Gasteiger partial charge in [0.05, 0.1) is 17.2 Å². The van der Waals surface area contributed by atoms with E-state index in [2.05, 4.69) is 30.7 Å². The minimum absolute atomic E-state index is 0.211. The molecule has 3 N–H and O–H groups in total. The van der Waals surface area contributed by atoms with Gasteiger partial charge in [-0.3, -0.25) is 4.79 Å². The lowest BCUT2D eigenvalue weighted by molar-refractivity contribution is 0.0955. The summed E-state index contributed by atoms with van der Waals surface area (Å²) in [7, 11) is 0. The third kappa shape index (κ3) is 4.68. The molecule has 0 aliphatic heterocycles. The first kappa shape index (κ1) is 19.3. The number of aliphatic hydroxyl groups is 1. The molecule has 1 aromatic carbocycles. The van der Waals surface area contributed by atoms with Crippen LogP contribution >= 0.6 is 0 Å². The maximum absolute atomic E-state index is 12.7. The van der Waals surface area contributed by atoms with Gasteiger partial charge in [0.1, 0.15) is 0 Å². The summed E-state index contributed by atoms with van der Waals surface area (Å²) in [5, 5.41) is 20.4. The Balaban J connectivity index is 1.45. The van der Waals surface area contributed by atoms with Crippen LogP contribution in [0.15, 0.2) is 28.9 Å². The van der Waals surface area contributed by atoms with Gasteiger partial charge in [-0.15, -0.1) is 0 Å². The van der Waals surface area contributed by atoms with E-state index in [1.165, 1.54) is 0 Å². The third-order valence-electron chi connectivity index (χ3n) is 5.08. The molecule has 0 saturated heterocycles. The Bertz CT molecular complexity index is 997. The van der Waals surface area contributed by atoms with Crippen molar-refractivity contribution in [1.29, 1.82) is 0 Å². The molecule has 1 amide bonds. The molecular weight excluding hydrogens is 372 g/mol. The molecule has 0 radical (unpaired) electrons. The summed E-state index contributed by atoms with van der Waals surface area (Å²) < 4.78 is 5.06. The first-order valence-corrected chi connectivity index (χ1v) is 9.86. The standard InChI is InChI=1S/C20H24N6O3/c1-12-23-17(29-26-12)9-10-21-19(28)16-4-2-3-13-11-22-20(25-18(13)16)24-14-5-7-15(27)8-6-14/h2-4,11,14-15,27H,5-10H2,1H3,(H,21,28)(H,22,24,25). The summed E-state index contributed by atoms with van der Waals surface area (Å²) in [5.41, 5.74) is 1.10. The molecule has 9 heteroatoms. The highest BCUT2D eigenvalue weighted by Crippen LogP contribution is 2.22. The van der Waals surface area contributed by atoms with E-state index in [1.807, 2.05) is 12.1 Å². The number of benzene rings is 1. The summed E-state index contributed by atoms with van der Waals surface area (Å²) >= 11 is 0. The minimum atomic E-state index is -0.211. The highest BCUT2D eigenvalue weighted by Gasteiger charge is 2.20. The molecule has 29 heavy (non-hydrogen) atoms. The maximum Gasteiger partial charge on any atom is 0.253 e. The Kier molecular flexibility index (Phi) is 5.66. The molecule has 0 atom stereocenters. The molecule has 152 valence electrons. The minimum Gasteiger partial charge on any atom is -0.393 e. The number of carbonyl (C=O) groups is 1. The topological polar surface area (TPSA) is 126 Å². The predicted molar refractivity (Wildman–Crippen MR) is 106 cm³/mol. The molecule has 9 nitrogen and oxygen atoms in total.